The van der Waals surface area contributed by atoms with Gasteiger partial charge in [0.2, 0.25) is 5.91 Å². The molecule has 0 radical (unpaired) electrons. The van der Waals surface area contributed by atoms with Gasteiger partial charge >= 0.3 is 0 Å². The van der Waals surface area contributed by atoms with Crippen molar-refractivity contribution >= 4 is 17.5 Å². The van der Waals surface area contributed by atoms with Gasteiger partial charge in [-0.05, 0) is 13.8 Å². The van der Waals surface area contributed by atoms with Crippen molar-refractivity contribution in [2.24, 2.45) is 0 Å². The first kappa shape index (κ1) is 15.0. The maximum Gasteiger partial charge on any atom is 0.250 e. The van der Waals surface area contributed by atoms with E-state index in [9.17, 15) is 4.79 Å². The third-order valence-corrected chi connectivity index (χ3v) is 4.28. The van der Waals surface area contributed by atoms with Gasteiger partial charge in [-0.1, -0.05) is 18.5 Å². The third kappa shape index (κ3) is 2.39. The Kier molecular flexibility index (Phi) is 3.68. The lowest BCUT2D eigenvalue weighted by Crippen LogP contribution is -2.49. The molecule has 2 aromatic rings. The van der Waals surface area contributed by atoms with E-state index in [0.717, 1.165) is 24.6 Å². The number of carbonyl (C=O) groups is 1. The molecule has 3 heterocycles. The van der Waals surface area contributed by atoms with Crippen LogP contribution in [0.3, 0.4) is 0 Å². The molecule has 22 heavy (non-hydrogen) atoms. The Morgan fingerprint density at radius 3 is 2.77 bits per heavy atom. The van der Waals surface area contributed by atoms with Crippen molar-refractivity contribution < 1.29 is 4.79 Å². The first-order chi connectivity index (χ1) is 10.4. The molecule has 0 N–H and O–H groups in total. The number of rotatable bonds is 3. The number of amides is 1. The summed E-state index contributed by atoms with van der Waals surface area (Å²) in [6.45, 7) is 7.59. The fourth-order valence-electron chi connectivity index (χ4n) is 2.74. The Bertz CT molecular complexity index is 704. The number of hydrogen-bond acceptors (Lipinski definition) is 4. The number of aromatic nitrogens is 5. The average Bonchev–Trinajstić information content (AvgIpc) is 3.11. The minimum absolute atomic E-state index is 0.000403. The van der Waals surface area contributed by atoms with E-state index in [1.54, 1.807) is 15.8 Å². The highest BCUT2D eigenvalue weighted by molar-refractivity contribution is 6.30. The Balaban J connectivity index is 1.81. The van der Waals surface area contributed by atoms with Crippen LogP contribution < -0.4 is 0 Å². The summed E-state index contributed by atoms with van der Waals surface area (Å²) in [4.78, 5) is 14.7. The van der Waals surface area contributed by atoms with Crippen molar-refractivity contribution in [3.8, 4) is 0 Å². The van der Waals surface area contributed by atoms with Gasteiger partial charge in [0.1, 0.15) is 11.4 Å². The zero-order valence-electron chi connectivity index (χ0n) is 13.0. The Labute approximate surface area is 133 Å². The van der Waals surface area contributed by atoms with E-state index in [0.29, 0.717) is 18.1 Å². The number of nitrogens with zero attached hydrogens (tertiary/aromatic N) is 6. The summed E-state index contributed by atoms with van der Waals surface area (Å²) in [6.07, 6.45) is 4.05. The fourth-order valence-corrected chi connectivity index (χ4v) is 2.88. The normalized spacial score (nSPS) is 15.0. The predicted octanol–water partition coefficient (Wildman–Crippen LogP) is 1.47. The monoisotopic (exact) mass is 322 g/mol. The molecule has 7 nitrogen and oxygen atoms in total. The van der Waals surface area contributed by atoms with E-state index in [1.807, 2.05) is 13.8 Å². The van der Waals surface area contributed by atoms with Crippen molar-refractivity contribution in [1.29, 1.82) is 0 Å². The molecule has 0 spiro atoms. The van der Waals surface area contributed by atoms with Crippen LogP contribution in [0.5, 0.6) is 0 Å². The number of fused-ring (bicyclic) bond motifs is 1. The number of carbonyl (C=O) groups excluding carboxylic acids is 1. The lowest BCUT2D eigenvalue weighted by atomic mass is 10.0. The zero-order valence-corrected chi connectivity index (χ0v) is 13.7. The van der Waals surface area contributed by atoms with E-state index in [-0.39, 0.29) is 5.91 Å². The topological polar surface area (TPSA) is 68.8 Å². The summed E-state index contributed by atoms with van der Waals surface area (Å²) < 4.78 is 3.70. The Morgan fingerprint density at radius 1 is 1.36 bits per heavy atom. The van der Waals surface area contributed by atoms with Crippen LogP contribution in [0, 0.1) is 0 Å². The van der Waals surface area contributed by atoms with E-state index >= 15 is 0 Å². The van der Waals surface area contributed by atoms with Gasteiger partial charge in [-0.2, -0.15) is 5.10 Å². The van der Waals surface area contributed by atoms with Gasteiger partial charge < -0.3 is 9.47 Å². The van der Waals surface area contributed by atoms with E-state index in [2.05, 4.69) is 26.8 Å². The molecule has 118 valence electrons. The lowest BCUT2D eigenvalue weighted by Gasteiger charge is -2.34. The number of hydrogen-bond donors (Lipinski definition) is 0. The molecule has 8 heteroatoms. The minimum atomic E-state index is -0.789. The standard InChI is InChI=1S/C14H19ClN6O/c1-4-11-17-18-12-9-19(5-6-20(11)12)13(22)14(2,3)21-8-10(15)7-16-21/h7-8H,4-6,9H2,1-3H3. The van der Waals surface area contributed by atoms with Gasteiger partial charge in [0.05, 0.1) is 17.8 Å². The van der Waals surface area contributed by atoms with Crippen molar-refractivity contribution in [2.45, 2.75) is 45.8 Å². The number of aryl methyl sites for hydroxylation is 1. The maximum absolute atomic E-state index is 12.9. The minimum Gasteiger partial charge on any atom is -0.331 e. The van der Waals surface area contributed by atoms with Gasteiger partial charge in [0, 0.05) is 25.7 Å². The van der Waals surface area contributed by atoms with Crippen molar-refractivity contribution in [1.82, 2.24) is 29.4 Å². The Morgan fingerprint density at radius 2 is 2.14 bits per heavy atom. The van der Waals surface area contributed by atoms with Crippen LogP contribution in [0.2, 0.25) is 5.02 Å². The summed E-state index contributed by atoms with van der Waals surface area (Å²) in [7, 11) is 0. The fraction of sp³-hybridized carbons (Fsp3) is 0.571. The van der Waals surface area contributed by atoms with Crippen molar-refractivity contribution in [3.63, 3.8) is 0 Å². The average molecular weight is 323 g/mol. The Hall–Kier alpha value is -1.89. The van der Waals surface area contributed by atoms with Crippen LogP contribution in [0.25, 0.3) is 0 Å². The summed E-state index contributed by atoms with van der Waals surface area (Å²) in [6, 6.07) is 0. The van der Waals surface area contributed by atoms with Crippen LogP contribution >= 0.6 is 11.6 Å². The predicted molar refractivity (Wildman–Crippen MR) is 81.4 cm³/mol. The summed E-state index contributed by atoms with van der Waals surface area (Å²) in [5.74, 6) is 1.81. The van der Waals surface area contributed by atoms with Crippen LogP contribution in [-0.2, 0) is 29.8 Å². The molecule has 0 saturated carbocycles. The largest absolute Gasteiger partial charge is 0.331 e. The first-order valence-corrected chi connectivity index (χ1v) is 7.72. The zero-order chi connectivity index (χ0) is 15.9. The highest BCUT2D eigenvalue weighted by Crippen LogP contribution is 2.23. The smallest absolute Gasteiger partial charge is 0.250 e. The second-order valence-electron chi connectivity index (χ2n) is 5.93. The molecule has 0 aliphatic carbocycles. The third-order valence-electron chi connectivity index (χ3n) is 4.08. The van der Waals surface area contributed by atoms with Gasteiger partial charge in [0.25, 0.3) is 0 Å². The quantitative estimate of drug-likeness (QED) is 0.858. The van der Waals surface area contributed by atoms with E-state index < -0.39 is 5.54 Å². The summed E-state index contributed by atoms with van der Waals surface area (Å²) in [5, 5.41) is 13.1. The molecule has 1 amide bonds. The van der Waals surface area contributed by atoms with Gasteiger partial charge in [-0.3, -0.25) is 9.48 Å². The summed E-state index contributed by atoms with van der Waals surface area (Å²) in [5.41, 5.74) is -0.789. The molecule has 0 aromatic carbocycles. The summed E-state index contributed by atoms with van der Waals surface area (Å²) >= 11 is 5.91. The molecule has 1 aliphatic rings. The molecule has 0 fully saturated rings. The molecule has 2 aromatic heterocycles. The van der Waals surface area contributed by atoms with E-state index in [1.165, 1.54) is 6.20 Å². The van der Waals surface area contributed by atoms with Gasteiger partial charge in [-0.15, -0.1) is 10.2 Å². The maximum atomic E-state index is 12.9. The van der Waals surface area contributed by atoms with Crippen LogP contribution in [-0.4, -0.2) is 41.9 Å². The number of halogens is 1. The first-order valence-electron chi connectivity index (χ1n) is 7.34. The molecule has 0 atom stereocenters. The highest BCUT2D eigenvalue weighted by atomic mass is 35.5. The van der Waals surface area contributed by atoms with E-state index in [4.69, 9.17) is 11.6 Å². The molecule has 0 unspecified atom stereocenters. The van der Waals surface area contributed by atoms with Gasteiger partial charge in [-0.25, -0.2) is 0 Å². The SMILES string of the molecule is CCc1nnc2n1CCN(C(=O)C(C)(C)n1cc(Cl)cn1)C2. The molecular weight excluding hydrogens is 304 g/mol. The van der Waals surface area contributed by atoms with Crippen LogP contribution in [0.4, 0.5) is 0 Å². The molecule has 0 saturated heterocycles. The molecular formula is C14H19ClN6O. The molecule has 0 bridgehead atoms. The van der Waals surface area contributed by atoms with Crippen molar-refractivity contribution in [2.75, 3.05) is 6.54 Å². The molecule has 3 rings (SSSR count). The van der Waals surface area contributed by atoms with Gasteiger partial charge in [0.15, 0.2) is 5.82 Å². The lowest BCUT2D eigenvalue weighted by molar-refractivity contribution is -0.141. The second kappa shape index (κ2) is 5.39. The van der Waals surface area contributed by atoms with Crippen molar-refractivity contribution in [3.05, 3.63) is 29.1 Å². The second-order valence-corrected chi connectivity index (χ2v) is 6.36. The van der Waals surface area contributed by atoms with Crippen LogP contribution in [0.15, 0.2) is 12.4 Å². The van der Waals surface area contributed by atoms with Crippen LogP contribution in [0.1, 0.15) is 32.4 Å². The molecule has 1 aliphatic heterocycles. The highest BCUT2D eigenvalue weighted by Gasteiger charge is 2.36.